The molecule has 0 spiro atoms. The lowest BCUT2D eigenvalue weighted by Gasteiger charge is -2.20. The number of morpholine rings is 1. The summed E-state index contributed by atoms with van der Waals surface area (Å²) in [6, 6.07) is 3.91. The molecule has 0 bridgehead atoms. The van der Waals surface area contributed by atoms with Gasteiger partial charge in [0.15, 0.2) is 5.82 Å². The highest BCUT2D eigenvalue weighted by Gasteiger charge is 2.20. The first kappa shape index (κ1) is 11.3. The third-order valence-corrected chi connectivity index (χ3v) is 2.82. The molecule has 0 radical (unpaired) electrons. The predicted octanol–water partition coefficient (Wildman–Crippen LogP) is 0.716. The molecule has 1 saturated heterocycles. The Morgan fingerprint density at radius 1 is 1.33 bits per heavy atom. The van der Waals surface area contributed by atoms with E-state index in [0.29, 0.717) is 24.7 Å². The average Bonchev–Trinajstić information content (AvgIpc) is 2.89. The summed E-state index contributed by atoms with van der Waals surface area (Å²) < 4.78 is 10.6. The van der Waals surface area contributed by atoms with Crippen molar-refractivity contribution < 1.29 is 9.26 Å². The van der Waals surface area contributed by atoms with Crippen molar-refractivity contribution in [2.45, 2.75) is 12.5 Å². The van der Waals surface area contributed by atoms with Crippen molar-refractivity contribution in [3.8, 4) is 0 Å². The molecule has 0 aromatic carbocycles. The SMILES string of the molecule is c1cc(Cc2nc(C3COCCN3)no2)ccn1. The topological polar surface area (TPSA) is 73.1 Å². The molecule has 6 nitrogen and oxygen atoms in total. The van der Waals surface area contributed by atoms with Crippen LogP contribution in [0.25, 0.3) is 0 Å². The van der Waals surface area contributed by atoms with Crippen molar-refractivity contribution >= 4 is 0 Å². The summed E-state index contributed by atoms with van der Waals surface area (Å²) in [5, 5.41) is 7.28. The van der Waals surface area contributed by atoms with Crippen LogP contribution >= 0.6 is 0 Å². The van der Waals surface area contributed by atoms with Crippen LogP contribution in [0.4, 0.5) is 0 Å². The molecule has 2 aromatic rings. The Balaban J connectivity index is 1.69. The maximum Gasteiger partial charge on any atom is 0.231 e. The highest BCUT2D eigenvalue weighted by atomic mass is 16.5. The quantitative estimate of drug-likeness (QED) is 0.860. The van der Waals surface area contributed by atoms with Crippen molar-refractivity contribution in [1.29, 1.82) is 0 Å². The Bertz CT molecular complexity index is 494. The summed E-state index contributed by atoms with van der Waals surface area (Å²) in [6.07, 6.45) is 4.13. The smallest absolute Gasteiger partial charge is 0.231 e. The Labute approximate surface area is 104 Å². The van der Waals surface area contributed by atoms with Gasteiger partial charge < -0.3 is 14.6 Å². The van der Waals surface area contributed by atoms with Gasteiger partial charge in [0.2, 0.25) is 5.89 Å². The summed E-state index contributed by atoms with van der Waals surface area (Å²) in [6.45, 7) is 2.14. The molecule has 3 heterocycles. The molecular weight excluding hydrogens is 232 g/mol. The van der Waals surface area contributed by atoms with Gasteiger partial charge >= 0.3 is 0 Å². The van der Waals surface area contributed by atoms with Crippen molar-refractivity contribution in [3.63, 3.8) is 0 Å². The number of pyridine rings is 1. The molecule has 0 amide bonds. The van der Waals surface area contributed by atoms with Crippen LogP contribution in [0.1, 0.15) is 23.3 Å². The maximum absolute atomic E-state index is 5.37. The Morgan fingerprint density at radius 3 is 3.00 bits per heavy atom. The van der Waals surface area contributed by atoms with Gasteiger partial charge in [-0.2, -0.15) is 4.98 Å². The van der Waals surface area contributed by atoms with Gasteiger partial charge in [0.05, 0.1) is 25.7 Å². The number of nitrogens with zero attached hydrogens (tertiary/aromatic N) is 3. The third-order valence-electron chi connectivity index (χ3n) is 2.82. The Hall–Kier alpha value is -1.79. The lowest BCUT2D eigenvalue weighted by atomic mass is 10.2. The van der Waals surface area contributed by atoms with Gasteiger partial charge in [0.1, 0.15) is 0 Å². The summed E-state index contributed by atoms with van der Waals surface area (Å²) in [4.78, 5) is 8.36. The van der Waals surface area contributed by atoms with Crippen LogP contribution < -0.4 is 5.32 Å². The van der Waals surface area contributed by atoms with E-state index in [4.69, 9.17) is 9.26 Å². The summed E-state index contributed by atoms with van der Waals surface area (Å²) >= 11 is 0. The largest absolute Gasteiger partial charge is 0.378 e. The van der Waals surface area contributed by atoms with E-state index in [1.807, 2.05) is 12.1 Å². The van der Waals surface area contributed by atoms with E-state index in [1.165, 1.54) is 0 Å². The molecule has 3 rings (SSSR count). The van der Waals surface area contributed by atoms with E-state index in [-0.39, 0.29) is 6.04 Å². The molecule has 2 aromatic heterocycles. The van der Waals surface area contributed by atoms with Crippen molar-refractivity contribution in [3.05, 3.63) is 41.8 Å². The van der Waals surface area contributed by atoms with Crippen LogP contribution in [0.3, 0.4) is 0 Å². The van der Waals surface area contributed by atoms with E-state index < -0.39 is 0 Å². The van der Waals surface area contributed by atoms with Gasteiger partial charge in [-0.05, 0) is 17.7 Å². The Morgan fingerprint density at radius 2 is 2.22 bits per heavy atom. The standard InChI is InChI=1S/C12H14N4O2/c1-3-13-4-2-9(1)7-11-15-12(16-18-11)10-8-17-6-5-14-10/h1-4,10,14H,5-8H2. The van der Waals surface area contributed by atoms with E-state index in [1.54, 1.807) is 12.4 Å². The van der Waals surface area contributed by atoms with Crippen LogP contribution in [0.2, 0.25) is 0 Å². The van der Waals surface area contributed by atoms with Gasteiger partial charge in [-0.15, -0.1) is 0 Å². The van der Waals surface area contributed by atoms with Crippen molar-refractivity contribution in [2.24, 2.45) is 0 Å². The highest BCUT2D eigenvalue weighted by molar-refractivity contribution is 5.14. The van der Waals surface area contributed by atoms with Gasteiger partial charge in [0.25, 0.3) is 0 Å². The fraction of sp³-hybridized carbons (Fsp3) is 0.417. The van der Waals surface area contributed by atoms with Crippen molar-refractivity contribution in [2.75, 3.05) is 19.8 Å². The first-order chi connectivity index (χ1) is 8.92. The second-order valence-corrected chi connectivity index (χ2v) is 4.16. The van der Waals surface area contributed by atoms with E-state index in [2.05, 4.69) is 20.4 Å². The molecule has 1 N–H and O–H groups in total. The molecule has 1 unspecified atom stereocenters. The first-order valence-electron chi connectivity index (χ1n) is 5.94. The summed E-state index contributed by atoms with van der Waals surface area (Å²) in [5.41, 5.74) is 1.10. The van der Waals surface area contributed by atoms with Gasteiger partial charge in [0, 0.05) is 18.9 Å². The monoisotopic (exact) mass is 246 g/mol. The Kier molecular flexibility index (Phi) is 3.29. The van der Waals surface area contributed by atoms with E-state index in [9.17, 15) is 0 Å². The second kappa shape index (κ2) is 5.24. The van der Waals surface area contributed by atoms with Crippen LogP contribution in [-0.4, -0.2) is 34.9 Å². The van der Waals surface area contributed by atoms with Gasteiger partial charge in [-0.3, -0.25) is 4.98 Å². The average molecular weight is 246 g/mol. The minimum absolute atomic E-state index is 0.0358. The minimum Gasteiger partial charge on any atom is -0.378 e. The molecule has 0 aliphatic carbocycles. The number of ether oxygens (including phenoxy) is 1. The number of hydrogen-bond donors (Lipinski definition) is 1. The third kappa shape index (κ3) is 2.55. The summed E-state index contributed by atoms with van der Waals surface area (Å²) in [7, 11) is 0. The van der Waals surface area contributed by atoms with E-state index >= 15 is 0 Å². The van der Waals surface area contributed by atoms with E-state index in [0.717, 1.165) is 18.7 Å². The zero-order valence-electron chi connectivity index (χ0n) is 9.87. The minimum atomic E-state index is 0.0358. The fourth-order valence-electron chi connectivity index (χ4n) is 1.89. The number of hydrogen-bond acceptors (Lipinski definition) is 6. The summed E-state index contributed by atoms with van der Waals surface area (Å²) in [5.74, 6) is 1.28. The predicted molar refractivity (Wildman–Crippen MR) is 62.9 cm³/mol. The molecule has 1 aliphatic heterocycles. The molecule has 0 saturated carbocycles. The van der Waals surface area contributed by atoms with Crippen LogP contribution in [0.5, 0.6) is 0 Å². The normalized spacial score (nSPS) is 19.9. The molecule has 1 aliphatic rings. The van der Waals surface area contributed by atoms with Gasteiger partial charge in [-0.1, -0.05) is 5.16 Å². The van der Waals surface area contributed by atoms with Gasteiger partial charge in [-0.25, -0.2) is 0 Å². The lowest BCUT2D eigenvalue weighted by Crippen LogP contribution is -2.35. The van der Waals surface area contributed by atoms with Crippen LogP contribution in [0, 0.1) is 0 Å². The van der Waals surface area contributed by atoms with Crippen molar-refractivity contribution in [1.82, 2.24) is 20.4 Å². The zero-order chi connectivity index (χ0) is 12.2. The molecular formula is C12H14N4O2. The maximum atomic E-state index is 5.37. The molecule has 18 heavy (non-hydrogen) atoms. The zero-order valence-corrected chi connectivity index (χ0v) is 9.87. The van der Waals surface area contributed by atoms with Crippen LogP contribution in [-0.2, 0) is 11.2 Å². The molecule has 6 heteroatoms. The molecule has 94 valence electrons. The number of rotatable bonds is 3. The first-order valence-corrected chi connectivity index (χ1v) is 5.94. The highest BCUT2D eigenvalue weighted by Crippen LogP contribution is 2.14. The number of aromatic nitrogens is 3. The lowest BCUT2D eigenvalue weighted by molar-refractivity contribution is 0.0734. The molecule has 1 fully saturated rings. The fourth-order valence-corrected chi connectivity index (χ4v) is 1.89. The van der Waals surface area contributed by atoms with Crippen LogP contribution in [0.15, 0.2) is 29.0 Å². The second-order valence-electron chi connectivity index (χ2n) is 4.16. The number of nitrogens with one attached hydrogen (secondary N) is 1. The molecule has 1 atom stereocenters.